The number of amides is 2. The van der Waals surface area contributed by atoms with Crippen LogP contribution < -0.4 is 10.2 Å². The molecule has 0 bridgehead atoms. The maximum absolute atomic E-state index is 14.8. The molecular weight excluding hydrogens is 420 g/mol. The van der Waals surface area contributed by atoms with Crippen LogP contribution in [0.4, 0.5) is 19.3 Å². The molecule has 0 spiro atoms. The minimum absolute atomic E-state index is 0.159. The average molecular weight is 434 g/mol. The van der Waals surface area contributed by atoms with E-state index in [2.05, 4.69) is 20.3 Å². The van der Waals surface area contributed by atoms with E-state index in [0.717, 1.165) is 17.0 Å². The lowest BCUT2D eigenvalue weighted by atomic mass is 10.0. The molecule has 4 rings (SSSR count). The van der Waals surface area contributed by atoms with E-state index in [4.69, 9.17) is 11.6 Å². The highest BCUT2D eigenvalue weighted by Gasteiger charge is 2.42. The molecule has 2 heterocycles. The van der Waals surface area contributed by atoms with Crippen molar-refractivity contribution in [2.45, 2.75) is 19.0 Å². The summed E-state index contributed by atoms with van der Waals surface area (Å²) in [6.45, 7) is 1.28. The van der Waals surface area contributed by atoms with Gasteiger partial charge in [-0.3, -0.25) is 15.2 Å². The van der Waals surface area contributed by atoms with Crippen LogP contribution in [0, 0.1) is 11.6 Å². The smallest absolute Gasteiger partial charge is 0.328 e. The molecule has 2 atom stereocenters. The van der Waals surface area contributed by atoms with Gasteiger partial charge in [0.05, 0.1) is 22.9 Å². The lowest BCUT2D eigenvalue weighted by Gasteiger charge is -2.24. The number of fused-ring (bicyclic) bond motifs is 1. The number of carboxylic acid groups (broad SMARTS) is 1. The van der Waals surface area contributed by atoms with Gasteiger partial charge in [0.2, 0.25) is 0 Å². The lowest BCUT2D eigenvalue weighted by Crippen LogP contribution is -2.30. The molecule has 11 heteroatoms. The van der Waals surface area contributed by atoms with Crippen LogP contribution >= 0.6 is 11.6 Å². The number of nitrogens with one attached hydrogen (secondary N) is 2. The Bertz CT molecular complexity index is 1190. The standard InChI is InChI=1S/C19H14ClF2N5O3/c1-8(18(28)29)25-17-16(15-11(21)4-9(20)5-12(15)22)27(19(30)26-17)10-2-3-13-14(6-10)24-7-23-13/h2-8,16H,1H3,(H,23,24)(H,28,29)(H,25,26,30). The van der Waals surface area contributed by atoms with Gasteiger partial charge in [0.15, 0.2) is 0 Å². The Morgan fingerprint density at radius 2 is 2.00 bits per heavy atom. The van der Waals surface area contributed by atoms with Gasteiger partial charge in [0.25, 0.3) is 0 Å². The van der Waals surface area contributed by atoms with Crippen LogP contribution in [-0.4, -0.2) is 39.0 Å². The highest BCUT2D eigenvalue weighted by atomic mass is 35.5. The van der Waals surface area contributed by atoms with Crippen LogP contribution in [0.3, 0.4) is 0 Å². The maximum atomic E-state index is 14.8. The fourth-order valence-corrected chi connectivity index (χ4v) is 3.45. The van der Waals surface area contributed by atoms with E-state index in [1.807, 2.05) is 0 Å². The highest BCUT2D eigenvalue weighted by molar-refractivity contribution is 6.30. The van der Waals surface area contributed by atoms with Crippen LogP contribution in [0.2, 0.25) is 5.02 Å². The van der Waals surface area contributed by atoms with Crippen LogP contribution in [-0.2, 0) is 4.79 Å². The minimum Gasteiger partial charge on any atom is -0.480 e. The summed E-state index contributed by atoms with van der Waals surface area (Å²) in [7, 11) is 0. The molecule has 2 amide bonds. The molecule has 0 radical (unpaired) electrons. The van der Waals surface area contributed by atoms with Gasteiger partial charge in [0, 0.05) is 10.7 Å². The van der Waals surface area contributed by atoms with E-state index < -0.39 is 41.3 Å². The molecule has 1 fully saturated rings. The zero-order valence-electron chi connectivity index (χ0n) is 15.4. The Labute approximate surface area is 173 Å². The second kappa shape index (κ2) is 7.38. The number of imidazole rings is 1. The van der Waals surface area contributed by atoms with Crippen LogP contribution in [0.1, 0.15) is 18.5 Å². The molecule has 3 aromatic rings. The second-order valence-electron chi connectivity index (χ2n) is 6.62. The fourth-order valence-electron chi connectivity index (χ4n) is 3.26. The van der Waals surface area contributed by atoms with Gasteiger partial charge in [-0.05, 0) is 37.3 Å². The van der Waals surface area contributed by atoms with Crippen LogP contribution in [0.5, 0.6) is 0 Å². The molecule has 0 aliphatic carbocycles. The first-order valence-electron chi connectivity index (χ1n) is 8.74. The Morgan fingerprint density at radius 1 is 1.30 bits per heavy atom. The number of amidine groups is 1. The summed E-state index contributed by atoms with van der Waals surface area (Å²) in [4.78, 5) is 36.1. The number of hydrogen-bond donors (Lipinski definition) is 3. The third kappa shape index (κ3) is 3.35. The van der Waals surface area contributed by atoms with Crippen molar-refractivity contribution in [1.29, 1.82) is 0 Å². The van der Waals surface area contributed by atoms with Crippen molar-refractivity contribution in [3.05, 3.63) is 58.9 Å². The van der Waals surface area contributed by atoms with Gasteiger partial charge in [-0.15, -0.1) is 0 Å². The van der Waals surface area contributed by atoms with Crippen molar-refractivity contribution >= 4 is 46.2 Å². The summed E-state index contributed by atoms with van der Waals surface area (Å²) in [5.74, 6) is -3.45. The number of aliphatic imine (C=N–C) groups is 1. The molecule has 3 N–H and O–H groups in total. The summed E-state index contributed by atoms with van der Waals surface area (Å²) in [6, 6.07) is 3.27. The molecule has 30 heavy (non-hydrogen) atoms. The SMILES string of the molecule is CC(/N=C1\NC(=O)N(c2ccc3[nH]cnc3c2)C1c1c(F)cc(Cl)cc1F)C(=O)O. The number of carboxylic acids is 1. The van der Waals surface area contributed by atoms with Crippen molar-refractivity contribution in [2.24, 2.45) is 4.99 Å². The zero-order valence-corrected chi connectivity index (χ0v) is 16.1. The van der Waals surface area contributed by atoms with Gasteiger partial charge >= 0.3 is 12.0 Å². The number of benzene rings is 2. The zero-order chi connectivity index (χ0) is 21.6. The number of rotatable bonds is 4. The number of aliphatic carboxylic acids is 1. The van der Waals surface area contributed by atoms with Gasteiger partial charge in [-0.1, -0.05) is 11.6 Å². The molecule has 1 saturated heterocycles. The number of H-pyrrole nitrogens is 1. The number of halogens is 3. The number of nitrogens with zero attached hydrogens (tertiary/aromatic N) is 3. The minimum atomic E-state index is -1.37. The van der Waals surface area contributed by atoms with Crippen molar-refractivity contribution < 1.29 is 23.5 Å². The molecule has 2 unspecified atom stereocenters. The van der Waals surface area contributed by atoms with Crippen molar-refractivity contribution in [3.8, 4) is 0 Å². The molecular formula is C19H14ClF2N5O3. The summed E-state index contributed by atoms with van der Waals surface area (Å²) < 4.78 is 29.5. The van der Waals surface area contributed by atoms with Gasteiger partial charge in [-0.25, -0.2) is 23.4 Å². The van der Waals surface area contributed by atoms with Gasteiger partial charge < -0.3 is 10.1 Å². The molecule has 8 nitrogen and oxygen atoms in total. The first-order valence-corrected chi connectivity index (χ1v) is 9.12. The normalized spacial score (nSPS) is 18.8. The van der Waals surface area contributed by atoms with E-state index in [-0.39, 0.29) is 10.9 Å². The van der Waals surface area contributed by atoms with Gasteiger partial charge in [0.1, 0.15) is 29.6 Å². The number of carbonyl (C=O) groups is 2. The fraction of sp³-hybridized carbons (Fsp3) is 0.158. The summed E-state index contributed by atoms with van der Waals surface area (Å²) >= 11 is 5.73. The predicted octanol–water partition coefficient (Wildman–Crippen LogP) is 3.64. The largest absolute Gasteiger partial charge is 0.480 e. The predicted molar refractivity (Wildman–Crippen MR) is 106 cm³/mol. The molecule has 1 aliphatic rings. The van der Waals surface area contributed by atoms with E-state index >= 15 is 0 Å². The third-order valence-electron chi connectivity index (χ3n) is 4.66. The highest BCUT2D eigenvalue weighted by Crippen LogP contribution is 2.36. The summed E-state index contributed by atoms with van der Waals surface area (Å²) in [5, 5.41) is 11.4. The summed E-state index contributed by atoms with van der Waals surface area (Å²) in [5.41, 5.74) is 1.03. The number of carbonyl (C=O) groups excluding carboxylic acids is 1. The van der Waals surface area contributed by atoms with E-state index in [1.165, 1.54) is 13.3 Å². The average Bonchev–Trinajstić information content (AvgIpc) is 3.24. The first-order chi connectivity index (χ1) is 14.3. The second-order valence-corrected chi connectivity index (χ2v) is 7.05. The topological polar surface area (TPSA) is 111 Å². The number of aromatic amines is 1. The Morgan fingerprint density at radius 3 is 2.67 bits per heavy atom. The van der Waals surface area contributed by atoms with Crippen molar-refractivity contribution in [2.75, 3.05) is 4.90 Å². The molecule has 0 saturated carbocycles. The molecule has 1 aliphatic heterocycles. The van der Waals surface area contributed by atoms with E-state index in [0.29, 0.717) is 16.7 Å². The maximum Gasteiger partial charge on any atom is 0.328 e. The quantitative estimate of drug-likeness (QED) is 0.583. The third-order valence-corrected chi connectivity index (χ3v) is 4.88. The Hall–Kier alpha value is -3.53. The first kappa shape index (κ1) is 19.8. The molecule has 154 valence electrons. The molecule has 2 aromatic carbocycles. The monoisotopic (exact) mass is 433 g/mol. The number of urea groups is 1. The van der Waals surface area contributed by atoms with E-state index in [9.17, 15) is 23.5 Å². The Kier molecular flexibility index (Phi) is 4.86. The van der Waals surface area contributed by atoms with Gasteiger partial charge in [-0.2, -0.15) is 0 Å². The Balaban J connectivity index is 1.91. The summed E-state index contributed by atoms with van der Waals surface area (Å²) in [6.07, 6.45) is 1.47. The van der Waals surface area contributed by atoms with E-state index in [1.54, 1.807) is 18.2 Å². The van der Waals surface area contributed by atoms with Crippen molar-refractivity contribution in [3.63, 3.8) is 0 Å². The lowest BCUT2D eigenvalue weighted by molar-refractivity contribution is -0.138. The molecule has 1 aromatic heterocycles. The number of anilines is 1. The van der Waals surface area contributed by atoms with Crippen LogP contribution in [0.15, 0.2) is 41.7 Å². The van der Waals surface area contributed by atoms with Crippen LogP contribution in [0.25, 0.3) is 11.0 Å². The number of aromatic nitrogens is 2. The number of hydrogen-bond acceptors (Lipinski definition) is 4. The van der Waals surface area contributed by atoms with Crippen molar-refractivity contribution in [1.82, 2.24) is 15.3 Å².